The van der Waals surface area contributed by atoms with Crippen molar-refractivity contribution in [3.05, 3.63) is 137 Å². The van der Waals surface area contributed by atoms with Gasteiger partial charge >= 0.3 is 146 Å². The summed E-state index contributed by atoms with van der Waals surface area (Å²) in [5.41, 5.74) is 9.20. The van der Waals surface area contributed by atoms with Gasteiger partial charge in [-0.2, -0.15) is 0 Å². The van der Waals surface area contributed by atoms with Crippen molar-refractivity contribution in [2.75, 3.05) is 0 Å². The Bertz CT molecular complexity index is 1290. The average molecular weight is 405 g/mol. The maximum atomic E-state index is 7.29. The van der Waals surface area contributed by atoms with E-state index in [0.29, 0.717) is 0 Å². The van der Waals surface area contributed by atoms with Crippen LogP contribution in [0.25, 0.3) is 0 Å². The topological polar surface area (TPSA) is 24.7 Å². The van der Waals surface area contributed by atoms with Gasteiger partial charge in [-0.15, -0.1) is 6.42 Å². The fourth-order valence-corrected chi connectivity index (χ4v) is 3.83. The fourth-order valence-electron chi connectivity index (χ4n) is 3.83. The number of nitrogens with zero attached hydrogens (tertiary/aromatic N) is 2. The summed E-state index contributed by atoms with van der Waals surface area (Å²) in [6.07, 6.45) is 12.8. The Labute approximate surface area is 188 Å². The zero-order valence-electron chi connectivity index (χ0n) is 17.2. The Hall–Kier alpha value is -4.44. The van der Waals surface area contributed by atoms with E-state index in [4.69, 9.17) is 22.8 Å². The number of hydrogen-bond acceptors (Lipinski definition) is 2. The first-order valence-electron chi connectivity index (χ1n) is 10.2. The summed E-state index contributed by atoms with van der Waals surface area (Å²) in [5.74, 6) is 5.05. The molecule has 146 valence electrons. The molecule has 1 aliphatic carbocycles. The van der Waals surface area contributed by atoms with Crippen molar-refractivity contribution >= 4 is 22.8 Å². The number of aliphatic imine (C=N–C) groups is 2. The van der Waals surface area contributed by atoms with Gasteiger partial charge in [-0.3, -0.25) is 0 Å². The van der Waals surface area contributed by atoms with Gasteiger partial charge in [0.05, 0.1) is 0 Å². The first kappa shape index (κ1) is 19.5. The van der Waals surface area contributed by atoms with Crippen molar-refractivity contribution in [2.45, 2.75) is 0 Å². The fraction of sp³-hybridized carbons (Fsp3) is 0. The summed E-state index contributed by atoms with van der Waals surface area (Å²) in [7, 11) is 0. The molecule has 0 radical (unpaired) electrons. The molecule has 0 bridgehead atoms. The number of hydrogen-bond donors (Lipinski definition) is 0. The molecule has 0 spiro atoms. The van der Waals surface area contributed by atoms with E-state index in [-0.39, 0.29) is 0 Å². The summed E-state index contributed by atoms with van der Waals surface area (Å²) in [5, 5.41) is 0. The molecule has 0 saturated heterocycles. The molecule has 2 nitrogen and oxygen atoms in total. The van der Waals surface area contributed by atoms with Crippen LogP contribution in [0.4, 0.5) is 11.4 Å². The van der Waals surface area contributed by atoms with Crippen LogP contribution in [-0.4, -0.2) is 11.4 Å². The Morgan fingerprint density at radius 2 is 0.906 bits per heavy atom. The molecule has 0 amide bonds. The van der Waals surface area contributed by atoms with E-state index in [2.05, 4.69) is 36.1 Å². The first-order chi connectivity index (χ1) is 15.8. The van der Waals surface area contributed by atoms with Gasteiger partial charge in [0.25, 0.3) is 0 Å². The second-order valence-electron chi connectivity index (χ2n) is 7.38. The third-order valence-corrected chi connectivity index (χ3v) is 5.40. The van der Waals surface area contributed by atoms with Crippen molar-refractivity contribution < 1.29 is 0 Å². The molecule has 4 aromatic carbocycles. The Morgan fingerprint density at radius 1 is 0.531 bits per heavy atom. The zero-order valence-corrected chi connectivity index (χ0v) is 17.2. The molecule has 2 heteroatoms. The van der Waals surface area contributed by atoms with Crippen LogP contribution in [0.5, 0.6) is 0 Å². The third-order valence-electron chi connectivity index (χ3n) is 5.40. The van der Waals surface area contributed by atoms with Gasteiger partial charge in [0.2, 0.25) is 0 Å². The van der Waals surface area contributed by atoms with Gasteiger partial charge in [-0.05, 0) is 24.3 Å². The average Bonchev–Trinajstić information content (AvgIpc) is 2.86. The number of benzene rings is 4. The van der Waals surface area contributed by atoms with Crippen LogP contribution < -0.4 is 0 Å². The predicted octanol–water partition coefficient (Wildman–Crippen LogP) is 6.26. The molecule has 1 aliphatic rings. The molecule has 0 N–H and O–H groups in total. The zero-order chi connectivity index (χ0) is 21.9. The van der Waals surface area contributed by atoms with Crippen molar-refractivity contribution in [1.82, 2.24) is 0 Å². The van der Waals surface area contributed by atoms with Crippen LogP contribution in [0.2, 0.25) is 0 Å². The summed E-state index contributed by atoms with van der Waals surface area (Å²) in [6, 6.07) is 31.6. The van der Waals surface area contributed by atoms with Crippen LogP contribution in [0, 0.1) is 24.7 Å². The minimum absolute atomic E-state index is 0.726. The normalized spacial score (nSPS) is 11.7. The van der Waals surface area contributed by atoms with Crippen LogP contribution in [0.1, 0.15) is 33.4 Å². The Kier molecular flexibility index (Phi) is 5.10. The molecular weight excluding hydrogens is 388 g/mol. The summed E-state index contributed by atoms with van der Waals surface area (Å²) < 4.78 is 0. The van der Waals surface area contributed by atoms with Gasteiger partial charge in [-0.1, -0.05) is 5.92 Å². The summed E-state index contributed by atoms with van der Waals surface area (Å²) in [6.45, 7) is 0. The van der Waals surface area contributed by atoms with Crippen LogP contribution >= 0.6 is 0 Å². The molecule has 0 aromatic heterocycles. The van der Waals surface area contributed by atoms with Gasteiger partial charge in [0.1, 0.15) is 0 Å². The molecule has 4 aromatic rings. The van der Waals surface area contributed by atoms with E-state index >= 15 is 0 Å². The quantitative estimate of drug-likeness (QED) is 0.245. The summed E-state index contributed by atoms with van der Waals surface area (Å²) in [4.78, 5) is 10.00. The molecule has 0 saturated carbocycles. The SMILES string of the molecule is [C+]#Cc1ccc(N=C2c3ccccc3C(=Nc3ccc(C#C)cc3)c3ccccc32)cc1. The first-order valence-corrected chi connectivity index (χ1v) is 10.2. The van der Waals surface area contributed by atoms with Crippen molar-refractivity contribution in [3.63, 3.8) is 0 Å². The monoisotopic (exact) mass is 405 g/mol. The van der Waals surface area contributed by atoms with Crippen LogP contribution in [0.15, 0.2) is 107 Å². The minimum atomic E-state index is 0.726. The summed E-state index contributed by atoms with van der Waals surface area (Å²) >= 11 is 0. The van der Waals surface area contributed by atoms with Crippen molar-refractivity contribution in [1.29, 1.82) is 0 Å². The number of terminal acetylenes is 1. The number of rotatable bonds is 2. The van der Waals surface area contributed by atoms with E-state index in [1.165, 1.54) is 0 Å². The molecular formula is C30H17N2+. The van der Waals surface area contributed by atoms with Gasteiger partial charge in [0, 0.05) is 5.56 Å². The van der Waals surface area contributed by atoms with Gasteiger partial charge in [0.15, 0.2) is 0 Å². The van der Waals surface area contributed by atoms with Gasteiger partial charge in [-0.25, -0.2) is 0 Å². The van der Waals surface area contributed by atoms with Gasteiger partial charge < -0.3 is 0 Å². The maximum absolute atomic E-state index is 7.29. The van der Waals surface area contributed by atoms with Crippen molar-refractivity contribution in [3.8, 4) is 18.3 Å². The van der Waals surface area contributed by atoms with E-state index in [1.54, 1.807) is 0 Å². The van der Waals surface area contributed by atoms with E-state index in [9.17, 15) is 0 Å². The third kappa shape index (κ3) is 3.59. The molecule has 5 rings (SSSR count). The second kappa shape index (κ2) is 8.36. The van der Waals surface area contributed by atoms with Crippen molar-refractivity contribution in [2.24, 2.45) is 9.98 Å². The predicted molar refractivity (Wildman–Crippen MR) is 131 cm³/mol. The standard InChI is InChI=1S/C30H17N2/c1-3-21-13-17-23(18-14-21)31-29-25-9-5-7-11-27(25)30(28-12-8-6-10-26(28)29)32-24-19-15-22(4-2)16-20-24/h1,5-20H/q+1. The molecule has 32 heavy (non-hydrogen) atoms. The van der Waals surface area contributed by atoms with Crippen LogP contribution in [-0.2, 0) is 0 Å². The molecule has 0 fully saturated rings. The van der Waals surface area contributed by atoms with Crippen LogP contribution in [0.3, 0.4) is 0 Å². The molecule has 0 unspecified atom stereocenters. The van der Waals surface area contributed by atoms with E-state index < -0.39 is 0 Å². The molecule has 0 atom stereocenters. The Morgan fingerprint density at radius 3 is 1.25 bits per heavy atom. The Balaban J connectivity index is 1.70. The van der Waals surface area contributed by atoms with E-state index in [0.717, 1.165) is 56.2 Å². The number of fused-ring (bicyclic) bond motifs is 2. The second-order valence-corrected chi connectivity index (χ2v) is 7.38. The molecule has 0 heterocycles. The van der Waals surface area contributed by atoms with E-state index in [1.807, 2.05) is 72.8 Å². The molecule has 0 aliphatic heterocycles.